The molecule has 0 fully saturated rings. The van der Waals surface area contributed by atoms with Crippen molar-refractivity contribution in [2.75, 3.05) is 13.7 Å². The van der Waals surface area contributed by atoms with Gasteiger partial charge in [-0.2, -0.15) is 0 Å². The molecule has 5 nitrogen and oxygen atoms in total. The van der Waals surface area contributed by atoms with Crippen molar-refractivity contribution in [1.29, 1.82) is 0 Å². The van der Waals surface area contributed by atoms with Crippen molar-refractivity contribution >= 4 is 27.9 Å². The number of benzene rings is 2. The highest BCUT2D eigenvalue weighted by atomic mass is 16.5. The number of methoxy groups -OCH3 is 1. The van der Waals surface area contributed by atoms with Crippen molar-refractivity contribution in [2.45, 2.75) is 6.92 Å². The van der Waals surface area contributed by atoms with Crippen LogP contribution in [0.15, 0.2) is 45.6 Å². The van der Waals surface area contributed by atoms with E-state index in [1.807, 2.05) is 0 Å². The third-order valence-corrected chi connectivity index (χ3v) is 3.39. The van der Waals surface area contributed by atoms with Crippen LogP contribution in [-0.4, -0.2) is 19.7 Å². The number of fused-ring (bicyclic) bond motifs is 2. The Morgan fingerprint density at radius 2 is 1.77 bits per heavy atom. The molecule has 2 aromatic carbocycles. The highest BCUT2D eigenvalue weighted by Gasteiger charge is 2.12. The molecule has 0 atom stereocenters. The van der Waals surface area contributed by atoms with Gasteiger partial charge in [-0.3, -0.25) is 4.79 Å². The summed E-state index contributed by atoms with van der Waals surface area (Å²) in [5.41, 5.74) is 1.02. The van der Waals surface area contributed by atoms with Crippen LogP contribution in [-0.2, 0) is 4.74 Å². The van der Waals surface area contributed by atoms with Crippen LogP contribution < -0.4 is 10.2 Å². The number of rotatable bonds is 3. The van der Waals surface area contributed by atoms with E-state index in [-0.39, 0.29) is 12.0 Å². The van der Waals surface area contributed by atoms with Crippen LogP contribution in [0.25, 0.3) is 21.9 Å². The summed E-state index contributed by atoms with van der Waals surface area (Å²) in [6.07, 6.45) is 0. The number of ether oxygens (including phenoxy) is 2. The van der Waals surface area contributed by atoms with Gasteiger partial charge in [0, 0.05) is 0 Å². The third kappa shape index (κ3) is 2.30. The molecule has 0 bridgehead atoms. The van der Waals surface area contributed by atoms with E-state index in [4.69, 9.17) is 13.9 Å². The molecular formula is C17H14O5. The summed E-state index contributed by atoms with van der Waals surface area (Å²) in [6.45, 7) is 2.01. The molecular weight excluding hydrogens is 284 g/mol. The molecule has 0 amide bonds. The lowest BCUT2D eigenvalue weighted by molar-refractivity contribution is 0.0526. The van der Waals surface area contributed by atoms with Crippen LogP contribution in [0.1, 0.15) is 17.3 Å². The summed E-state index contributed by atoms with van der Waals surface area (Å²) < 4.78 is 15.8. The molecule has 112 valence electrons. The Kier molecular flexibility index (Phi) is 3.55. The van der Waals surface area contributed by atoms with Crippen LogP contribution in [0.4, 0.5) is 0 Å². The highest BCUT2D eigenvalue weighted by Crippen LogP contribution is 2.23. The third-order valence-electron chi connectivity index (χ3n) is 3.39. The monoisotopic (exact) mass is 298 g/mol. The molecule has 0 aliphatic carbocycles. The normalized spacial score (nSPS) is 10.8. The first-order valence-corrected chi connectivity index (χ1v) is 6.85. The fraction of sp³-hybridized carbons (Fsp3) is 0.176. The van der Waals surface area contributed by atoms with Crippen molar-refractivity contribution in [3.63, 3.8) is 0 Å². The standard InChI is InChI=1S/C17H14O5/c1-3-21-17(19)10-4-6-14-12(8-10)16(18)13-9-11(20-2)5-7-15(13)22-14/h4-9H,3H2,1-2H3. The minimum Gasteiger partial charge on any atom is -0.497 e. The van der Waals surface area contributed by atoms with Gasteiger partial charge in [0.05, 0.1) is 30.1 Å². The smallest absolute Gasteiger partial charge is 0.338 e. The lowest BCUT2D eigenvalue weighted by Crippen LogP contribution is -2.07. The molecule has 1 aromatic heterocycles. The van der Waals surface area contributed by atoms with Gasteiger partial charge in [-0.05, 0) is 43.3 Å². The Labute approximate surface area is 126 Å². The molecule has 0 spiro atoms. The molecule has 5 heteroatoms. The average molecular weight is 298 g/mol. The maximum atomic E-state index is 12.6. The second-order valence-electron chi connectivity index (χ2n) is 4.72. The van der Waals surface area contributed by atoms with E-state index in [2.05, 4.69) is 0 Å². The fourth-order valence-electron chi connectivity index (χ4n) is 2.30. The lowest BCUT2D eigenvalue weighted by Gasteiger charge is -2.05. The first-order valence-electron chi connectivity index (χ1n) is 6.85. The van der Waals surface area contributed by atoms with Crippen LogP contribution >= 0.6 is 0 Å². The molecule has 0 aliphatic heterocycles. The van der Waals surface area contributed by atoms with Crippen molar-refractivity contribution in [3.8, 4) is 5.75 Å². The SMILES string of the molecule is CCOC(=O)c1ccc2oc3ccc(OC)cc3c(=O)c2c1. The zero-order valence-electron chi connectivity index (χ0n) is 12.2. The van der Waals surface area contributed by atoms with E-state index >= 15 is 0 Å². The summed E-state index contributed by atoms with van der Waals surface area (Å²) in [7, 11) is 1.53. The topological polar surface area (TPSA) is 65.7 Å². The van der Waals surface area contributed by atoms with Gasteiger partial charge in [-0.1, -0.05) is 0 Å². The summed E-state index contributed by atoms with van der Waals surface area (Å²) in [4.78, 5) is 24.4. The lowest BCUT2D eigenvalue weighted by atomic mass is 10.1. The summed E-state index contributed by atoms with van der Waals surface area (Å²) in [5, 5.41) is 0.749. The molecule has 1 heterocycles. The van der Waals surface area contributed by atoms with E-state index in [0.29, 0.717) is 33.3 Å². The van der Waals surface area contributed by atoms with Crippen LogP contribution in [0.2, 0.25) is 0 Å². The van der Waals surface area contributed by atoms with Gasteiger partial charge in [0.1, 0.15) is 16.9 Å². The van der Waals surface area contributed by atoms with Gasteiger partial charge >= 0.3 is 5.97 Å². The predicted octanol–water partition coefficient (Wildman–Crippen LogP) is 3.13. The Balaban J connectivity index is 2.27. The Morgan fingerprint density at radius 1 is 1.09 bits per heavy atom. The molecule has 0 unspecified atom stereocenters. The number of carbonyl (C=O) groups is 1. The predicted molar refractivity (Wildman–Crippen MR) is 82.5 cm³/mol. The Bertz CT molecular complexity index is 923. The van der Waals surface area contributed by atoms with Gasteiger partial charge in [-0.15, -0.1) is 0 Å². The second-order valence-corrected chi connectivity index (χ2v) is 4.72. The summed E-state index contributed by atoms with van der Waals surface area (Å²) in [6, 6.07) is 9.72. The molecule has 0 saturated heterocycles. The summed E-state index contributed by atoms with van der Waals surface area (Å²) >= 11 is 0. The molecule has 0 saturated carbocycles. The van der Waals surface area contributed by atoms with Crippen molar-refractivity contribution < 1.29 is 18.7 Å². The van der Waals surface area contributed by atoms with Gasteiger partial charge < -0.3 is 13.9 Å². The zero-order valence-corrected chi connectivity index (χ0v) is 12.2. The van der Waals surface area contributed by atoms with E-state index < -0.39 is 5.97 Å². The largest absolute Gasteiger partial charge is 0.497 e. The van der Waals surface area contributed by atoms with Crippen LogP contribution in [0.3, 0.4) is 0 Å². The second kappa shape index (κ2) is 5.52. The first kappa shape index (κ1) is 14.1. The van der Waals surface area contributed by atoms with Gasteiger partial charge in [0.25, 0.3) is 0 Å². The molecule has 0 aliphatic rings. The zero-order chi connectivity index (χ0) is 15.7. The maximum absolute atomic E-state index is 12.6. The van der Waals surface area contributed by atoms with Gasteiger partial charge in [-0.25, -0.2) is 4.79 Å². The fourth-order valence-corrected chi connectivity index (χ4v) is 2.30. The van der Waals surface area contributed by atoms with Gasteiger partial charge in [0.2, 0.25) is 5.43 Å². The van der Waals surface area contributed by atoms with E-state index in [9.17, 15) is 9.59 Å². The molecule has 3 rings (SSSR count). The molecule has 22 heavy (non-hydrogen) atoms. The number of hydrogen-bond donors (Lipinski definition) is 0. The number of esters is 1. The van der Waals surface area contributed by atoms with Gasteiger partial charge in [0.15, 0.2) is 0 Å². The minimum absolute atomic E-state index is 0.207. The quantitative estimate of drug-likeness (QED) is 0.549. The van der Waals surface area contributed by atoms with Crippen molar-refractivity contribution in [2.24, 2.45) is 0 Å². The minimum atomic E-state index is -0.463. The van der Waals surface area contributed by atoms with E-state index in [1.165, 1.54) is 13.2 Å². The van der Waals surface area contributed by atoms with E-state index in [1.54, 1.807) is 37.3 Å². The highest BCUT2D eigenvalue weighted by molar-refractivity contribution is 5.96. The van der Waals surface area contributed by atoms with Crippen LogP contribution in [0.5, 0.6) is 5.75 Å². The maximum Gasteiger partial charge on any atom is 0.338 e. The summed E-state index contributed by atoms with van der Waals surface area (Å²) in [5.74, 6) is 0.107. The Morgan fingerprint density at radius 3 is 2.45 bits per heavy atom. The van der Waals surface area contributed by atoms with E-state index in [0.717, 1.165) is 0 Å². The molecule has 3 aromatic rings. The molecule has 0 N–H and O–H groups in total. The van der Waals surface area contributed by atoms with Crippen molar-refractivity contribution in [1.82, 2.24) is 0 Å². The first-order chi connectivity index (χ1) is 10.6. The van der Waals surface area contributed by atoms with Crippen molar-refractivity contribution in [3.05, 3.63) is 52.2 Å². The average Bonchev–Trinajstić information content (AvgIpc) is 2.55. The Hall–Kier alpha value is -2.82. The van der Waals surface area contributed by atoms with Crippen LogP contribution in [0, 0.1) is 0 Å². The number of carbonyl (C=O) groups excluding carboxylic acids is 1. The molecule has 0 radical (unpaired) electrons. The number of hydrogen-bond acceptors (Lipinski definition) is 5.